The van der Waals surface area contributed by atoms with Crippen LogP contribution in [0.5, 0.6) is 0 Å². The topological polar surface area (TPSA) is 41.6 Å². The van der Waals surface area contributed by atoms with Crippen LogP contribution in [-0.4, -0.2) is 15.3 Å². The molecular weight excluding hydrogens is 287 g/mol. The number of imidazole rings is 1. The maximum atomic E-state index is 12.8. The second-order valence-electron chi connectivity index (χ2n) is 4.19. The van der Waals surface area contributed by atoms with E-state index in [1.54, 1.807) is 4.57 Å². The van der Waals surface area contributed by atoms with Gasteiger partial charge in [0.1, 0.15) is 0 Å². The molecule has 1 aromatic carbocycles. The molecule has 0 spiro atoms. The molecule has 0 fully saturated rings. The van der Waals surface area contributed by atoms with E-state index in [1.807, 2.05) is 13.0 Å². The van der Waals surface area contributed by atoms with Gasteiger partial charge in [-0.25, -0.2) is 4.98 Å². The molecule has 2 aromatic rings. The van der Waals surface area contributed by atoms with Gasteiger partial charge in [0.05, 0.1) is 28.4 Å². The van der Waals surface area contributed by atoms with Crippen molar-refractivity contribution in [3.05, 3.63) is 23.8 Å². The SMILES string of the molecule is CCCn1c(SCC#N)nc2ccc(C(F)(F)F)cc21. The van der Waals surface area contributed by atoms with E-state index >= 15 is 0 Å². The Bertz CT molecular complexity index is 655. The summed E-state index contributed by atoms with van der Waals surface area (Å²) in [6, 6.07) is 5.52. The van der Waals surface area contributed by atoms with Crippen molar-refractivity contribution in [1.82, 2.24) is 9.55 Å². The van der Waals surface area contributed by atoms with Crippen LogP contribution in [-0.2, 0) is 12.7 Å². The van der Waals surface area contributed by atoms with Crippen LogP contribution < -0.4 is 0 Å². The van der Waals surface area contributed by atoms with Crippen molar-refractivity contribution >= 4 is 22.8 Å². The van der Waals surface area contributed by atoms with E-state index in [4.69, 9.17) is 5.26 Å². The molecule has 0 N–H and O–H groups in total. The second-order valence-corrected chi connectivity index (χ2v) is 5.14. The number of nitriles is 1. The summed E-state index contributed by atoms with van der Waals surface area (Å²) >= 11 is 1.24. The summed E-state index contributed by atoms with van der Waals surface area (Å²) in [5, 5.41) is 9.20. The lowest BCUT2D eigenvalue weighted by Gasteiger charge is -2.09. The highest BCUT2D eigenvalue weighted by molar-refractivity contribution is 7.99. The molecule has 3 nitrogen and oxygen atoms in total. The van der Waals surface area contributed by atoms with Crippen LogP contribution in [0.15, 0.2) is 23.4 Å². The molecule has 1 aromatic heterocycles. The largest absolute Gasteiger partial charge is 0.416 e. The van der Waals surface area contributed by atoms with Crippen molar-refractivity contribution in [2.24, 2.45) is 0 Å². The smallest absolute Gasteiger partial charge is 0.319 e. The first-order valence-corrected chi connectivity index (χ1v) is 7.03. The summed E-state index contributed by atoms with van der Waals surface area (Å²) in [6.45, 7) is 2.52. The standard InChI is InChI=1S/C13H12F3N3S/c1-2-6-19-11-8-9(13(14,15)16)3-4-10(11)18-12(19)20-7-5-17/h3-4,8H,2,6-7H2,1H3. The Morgan fingerprint density at radius 1 is 1.40 bits per heavy atom. The van der Waals surface area contributed by atoms with E-state index in [2.05, 4.69) is 4.98 Å². The minimum atomic E-state index is -4.37. The second kappa shape index (κ2) is 5.75. The van der Waals surface area contributed by atoms with Gasteiger partial charge in [0, 0.05) is 6.54 Å². The summed E-state index contributed by atoms with van der Waals surface area (Å²) in [6.07, 6.45) is -3.59. The molecule has 0 aliphatic carbocycles. The molecular formula is C13H12F3N3S. The number of nitrogens with zero attached hydrogens (tertiary/aromatic N) is 3. The fraction of sp³-hybridized carbons (Fsp3) is 0.385. The molecule has 0 unspecified atom stereocenters. The lowest BCUT2D eigenvalue weighted by molar-refractivity contribution is -0.137. The number of halogens is 3. The summed E-state index contributed by atoms with van der Waals surface area (Å²) < 4.78 is 40.0. The van der Waals surface area contributed by atoms with Crippen molar-refractivity contribution in [3.63, 3.8) is 0 Å². The van der Waals surface area contributed by atoms with Crippen molar-refractivity contribution in [2.45, 2.75) is 31.2 Å². The van der Waals surface area contributed by atoms with Gasteiger partial charge in [0.25, 0.3) is 0 Å². The molecule has 20 heavy (non-hydrogen) atoms. The van der Waals surface area contributed by atoms with E-state index in [9.17, 15) is 13.2 Å². The quantitative estimate of drug-likeness (QED) is 0.799. The number of alkyl halides is 3. The number of benzene rings is 1. The van der Waals surface area contributed by atoms with E-state index in [0.717, 1.165) is 18.6 Å². The fourth-order valence-corrected chi connectivity index (χ4v) is 2.63. The number of aryl methyl sites for hydroxylation is 1. The third-order valence-corrected chi connectivity index (χ3v) is 3.60. The molecule has 0 aliphatic heterocycles. The molecule has 106 valence electrons. The normalized spacial score (nSPS) is 11.8. The third-order valence-electron chi connectivity index (χ3n) is 2.75. The van der Waals surface area contributed by atoms with Gasteiger partial charge in [-0.2, -0.15) is 18.4 Å². The Kier molecular flexibility index (Phi) is 4.23. The number of hydrogen-bond acceptors (Lipinski definition) is 3. The van der Waals surface area contributed by atoms with Gasteiger partial charge in [-0.3, -0.25) is 0 Å². The lowest BCUT2D eigenvalue weighted by Crippen LogP contribution is -2.05. The first-order chi connectivity index (χ1) is 9.47. The molecule has 0 radical (unpaired) electrons. The predicted octanol–water partition coefficient (Wildman–Crippen LogP) is 4.08. The summed E-state index contributed by atoms with van der Waals surface area (Å²) in [5.41, 5.74) is 0.299. The predicted molar refractivity (Wildman–Crippen MR) is 71.4 cm³/mol. The maximum absolute atomic E-state index is 12.8. The van der Waals surface area contributed by atoms with Crippen LogP contribution in [0.3, 0.4) is 0 Å². The number of thioether (sulfide) groups is 1. The Labute approximate surface area is 118 Å². The van der Waals surface area contributed by atoms with Gasteiger partial charge in [-0.1, -0.05) is 18.7 Å². The number of fused-ring (bicyclic) bond motifs is 1. The Morgan fingerprint density at radius 3 is 2.75 bits per heavy atom. The number of rotatable bonds is 4. The highest BCUT2D eigenvalue weighted by Gasteiger charge is 2.31. The third kappa shape index (κ3) is 2.90. The lowest BCUT2D eigenvalue weighted by atomic mass is 10.2. The first-order valence-electron chi connectivity index (χ1n) is 6.04. The van der Waals surface area contributed by atoms with E-state index in [0.29, 0.717) is 22.7 Å². The van der Waals surface area contributed by atoms with Gasteiger partial charge >= 0.3 is 6.18 Å². The fourth-order valence-electron chi connectivity index (χ4n) is 1.92. The van der Waals surface area contributed by atoms with Crippen molar-refractivity contribution in [3.8, 4) is 6.07 Å². The van der Waals surface area contributed by atoms with Crippen LogP contribution in [0.1, 0.15) is 18.9 Å². The molecule has 0 bridgehead atoms. The van der Waals surface area contributed by atoms with E-state index < -0.39 is 11.7 Å². The first kappa shape index (κ1) is 14.7. The van der Waals surface area contributed by atoms with Gasteiger partial charge in [0.15, 0.2) is 5.16 Å². The number of aromatic nitrogens is 2. The zero-order valence-electron chi connectivity index (χ0n) is 10.7. The Balaban J connectivity index is 2.55. The minimum absolute atomic E-state index is 0.221. The Hall–Kier alpha value is -1.68. The van der Waals surface area contributed by atoms with Crippen LogP contribution in [0.25, 0.3) is 11.0 Å². The van der Waals surface area contributed by atoms with Gasteiger partial charge in [0.2, 0.25) is 0 Å². The summed E-state index contributed by atoms with van der Waals surface area (Å²) in [7, 11) is 0. The minimum Gasteiger partial charge on any atom is -0.319 e. The maximum Gasteiger partial charge on any atom is 0.416 e. The summed E-state index contributed by atoms with van der Waals surface area (Å²) in [4.78, 5) is 4.30. The van der Waals surface area contributed by atoms with Gasteiger partial charge in [-0.15, -0.1) is 0 Å². The van der Waals surface area contributed by atoms with Gasteiger partial charge < -0.3 is 4.57 Å². The highest BCUT2D eigenvalue weighted by atomic mass is 32.2. The molecule has 0 atom stereocenters. The molecule has 7 heteroatoms. The van der Waals surface area contributed by atoms with Crippen molar-refractivity contribution < 1.29 is 13.2 Å². The summed E-state index contributed by atoms with van der Waals surface area (Å²) in [5.74, 6) is 0.221. The zero-order valence-corrected chi connectivity index (χ0v) is 11.6. The van der Waals surface area contributed by atoms with Crippen molar-refractivity contribution in [1.29, 1.82) is 5.26 Å². The molecule has 0 amide bonds. The van der Waals surface area contributed by atoms with E-state index in [1.165, 1.54) is 17.8 Å². The average Bonchev–Trinajstić information content (AvgIpc) is 2.73. The Morgan fingerprint density at radius 2 is 2.15 bits per heavy atom. The van der Waals surface area contributed by atoms with Crippen LogP contribution in [0.2, 0.25) is 0 Å². The monoisotopic (exact) mass is 299 g/mol. The highest BCUT2D eigenvalue weighted by Crippen LogP contribution is 2.33. The molecule has 2 rings (SSSR count). The van der Waals surface area contributed by atoms with E-state index in [-0.39, 0.29) is 5.75 Å². The van der Waals surface area contributed by atoms with Crippen LogP contribution in [0.4, 0.5) is 13.2 Å². The molecule has 0 aliphatic rings. The zero-order chi connectivity index (χ0) is 14.8. The molecule has 0 saturated heterocycles. The van der Waals surface area contributed by atoms with Gasteiger partial charge in [-0.05, 0) is 24.6 Å². The molecule has 1 heterocycles. The average molecular weight is 299 g/mol. The van der Waals surface area contributed by atoms with Crippen LogP contribution >= 0.6 is 11.8 Å². The van der Waals surface area contributed by atoms with Crippen LogP contribution in [0, 0.1) is 11.3 Å². The molecule has 0 saturated carbocycles. The van der Waals surface area contributed by atoms with Crippen molar-refractivity contribution in [2.75, 3.05) is 5.75 Å². The number of hydrogen-bond donors (Lipinski definition) is 0.